The van der Waals surface area contributed by atoms with Crippen molar-refractivity contribution in [2.45, 2.75) is 17.4 Å². The Morgan fingerprint density at radius 3 is 1.93 bits per heavy atom. The summed E-state index contributed by atoms with van der Waals surface area (Å²) in [6, 6.07) is 9.61. The van der Waals surface area contributed by atoms with Crippen molar-refractivity contribution in [3.63, 3.8) is 0 Å². The number of amidine groups is 1. The quantitative estimate of drug-likeness (QED) is 0.459. The van der Waals surface area contributed by atoms with Crippen LogP contribution in [0.3, 0.4) is 0 Å². The van der Waals surface area contributed by atoms with Gasteiger partial charge in [0.15, 0.2) is 0 Å². The molecule has 0 heterocycles. The van der Waals surface area contributed by atoms with E-state index >= 15 is 0 Å². The van der Waals surface area contributed by atoms with Gasteiger partial charge in [-0.3, -0.25) is 0 Å². The molecule has 27 heavy (non-hydrogen) atoms. The van der Waals surface area contributed by atoms with Gasteiger partial charge < -0.3 is 4.74 Å². The average Bonchev–Trinajstić information content (AvgIpc) is 2.54. The molecule has 0 aliphatic carbocycles. The van der Waals surface area contributed by atoms with E-state index in [1.807, 2.05) is 0 Å². The maximum absolute atomic E-state index is 13.2. The van der Waals surface area contributed by atoms with Crippen molar-refractivity contribution in [1.82, 2.24) is 0 Å². The first-order chi connectivity index (χ1) is 12.4. The highest BCUT2D eigenvalue weighted by molar-refractivity contribution is 7.84. The van der Waals surface area contributed by atoms with Gasteiger partial charge in [-0.25, -0.2) is 5.32 Å². The van der Waals surface area contributed by atoms with Crippen LogP contribution in [0.2, 0.25) is 0 Å². The lowest BCUT2D eigenvalue weighted by molar-refractivity contribution is -0.289. The van der Waals surface area contributed by atoms with Crippen molar-refractivity contribution in [1.29, 1.82) is 0 Å². The molecular weight excluding hydrogens is 402 g/mol. The van der Waals surface area contributed by atoms with Crippen LogP contribution in [0.1, 0.15) is 0 Å². The molecule has 0 unspecified atom stereocenters. The second-order valence-corrected chi connectivity index (χ2v) is 6.67. The van der Waals surface area contributed by atoms with Crippen molar-refractivity contribution in [3.8, 4) is 5.75 Å². The van der Waals surface area contributed by atoms with E-state index < -0.39 is 39.0 Å². The van der Waals surface area contributed by atoms with Gasteiger partial charge >= 0.3 is 28.4 Å². The highest BCUT2D eigenvalue weighted by atomic mass is 32.2. The summed E-state index contributed by atoms with van der Waals surface area (Å²) < 4.78 is 105. The predicted octanol–water partition coefficient (Wildman–Crippen LogP) is 2.43. The number of rotatable bonds is 4. The molecule has 2 N–H and O–H groups in total. The molecule has 0 bridgehead atoms. The smallest absolute Gasteiger partial charge is 0.406 e. The molecule has 0 aromatic heterocycles. The molecule has 0 aliphatic rings. The largest absolute Gasteiger partial charge is 0.573 e. The molecule has 2 aromatic rings. The number of sulfonamides is 1. The Morgan fingerprint density at radius 2 is 1.44 bits per heavy atom. The third-order valence-corrected chi connectivity index (χ3v) is 4.30. The Hall–Kier alpha value is -2.76. The number of hydrogen-bond acceptors (Lipinski definition) is 3. The second-order valence-electron chi connectivity index (χ2n) is 4.99. The molecule has 0 atom stereocenters. The van der Waals surface area contributed by atoms with Gasteiger partial charge in [0.1, 0.15) is 16.3 Å². The van der Waals surface area contributed by atoms with Crippen LogP contribution in [0, 0.1) is 0 Å². The standard InChI is InChI=1S/C15H10F6N2O3S/c16-14(17,18)13(23-27(24,25)12-4-2-1-3-5-12)22-10-6-8-11(9-7-10)26-15(19,20)21/h1-9H,(H,22,23)/p+1. The molecule has 12 heteroatoms. The number of ether oxygens (including phenoxy) is 1. The van der Waals surface area contributed by atoms with Crippen molar-refractivity contribution >= 4 is 21.5 Å². The van der Waals surface area contributed by atoms with E-state index in [1.165, 1.54) is 22.6 Å². The summed E-state index contributed by atoms with van der Waals surface area (Å²) in [5.74, 6) is -2.37. The van der Waals surface area contributed by atoms with Crippen LogP contribution >= 0.6 is 0 Å². The van der Waals surface area contributed by atoms with Gasteiger partial charge in [0.05, 0.1) is 0 Å². The summed E-state index contributed by atoms with van der Waals surface area (Å²) in [5, 5.41) is 1.80. The maximum atomic E-state index is 13.2. The van der Waals surface area contributed by atoms with Gasteiger partial charge in [0, 0.05) is 0 Å². The van der Waals surface area contributed by atoms with Crippen LogP contribution < -0.4 is 14.5 Å². The zero-order valence-corrected chi connectivity index (χ0v) is 13.9. The van der Waals surface area contributed by atoms with E-state index in [4.69, 9.17) is 0 Å². The zero-order chi connectivity index (χ0) is 20.3. The molecule has 0 fully saturated rings. The molecule has 146 valence electrons. The average molecular weight is 413 g/mol. The topological polar surface area (TPSA) is 69.4 Å². The SMILES string of the molecule is O=S(=O)([NH+]=C(Nc1ccc(OC(F)(F)F)cc1)C(F)(F)F)c1ccccc1. The third kappa shape index (κ3) is 6.16. The minimum Gasteiger partial charge on any atom is -0.406 e. The first-order valence-electron chi connectivity index (χ1n) is 7.02. The predicted molar refractivity (Wildman–Crippen MR) is 82.4 cm³/mol. The zero-order valence-electron chi connectivity index (χ0n) is 13.1. The first kappa shape index (κ1) is 20.6. The molecule has 0 radical (unpaired) electrons. The fourth-order valence-electron chi connectivity index (χ4n) is 1.83. The van der Waals surface area contributed by atoms with E-state index in [9.17, 15) is 34.8 Å². The van der Waals surface area contributed by atoms with Gasteiger partial charge in [-0.05, 0) is 36.4 Å². The Labute approximate surface area is 149 Å². The van der Waals surface area contributed by atoms with E-state index in [0.717, 1.165) is 36.4 Å². The molecule has 0 saturated heterocycles. The molecule has 2 aromatic carbocycles. The van der Waals surface area contributed by atoms with E-state index in [0.29, 0.717) is 0 Å². The minimum atomic E-state index is -5.11. The van der Waals surface area contributed by atoms with Crippen molar-refractivity contribution < 1.29 is 43.9 Å². The fraction of sp³-hybridized carbons (Fsp3) is 0.133. The Balaban J connectivity index is 2.31. The summed E-state index contributed by atoms with van der Waals surface area (Å²) in [6.07, 6.45) is -10.1. The lowest BCUT2D eigenvalue weighted by Crippen LogP contribution is -2.80. The summed E-state index contributed by atoms with van der Waals surface area (Å²) in [6.45, 7) is 0. The van der Waals surface area contributed by atoms with Crippen LogP contribution in [-0.2, 0) is 10.0 Å². The van der Waals surface area contributed by atoms with Crippen LogP contribution in [0.25, 0.3) is 0 Å². The Morgan fingerprint density at radius 1 is 0.889 bits per heavy atom. The normalized spacial score (nSPS) is 13.3. The molecule has 5 nitrogen and oxygen atoms in total. The summed E-state index contributed by atoms with van der Waals surface area (Å²) >= 11 is 0. The van der Waals surface area contributed by atoms with E-state index in [1.54, 1.807) is 5.32 Å². The molecule has 0 spiro atoms. The van der Waals surface area contributed by atoms with Gasteiger partial charge in [0.25, 0.3) is 0 Å². The Kier molecular flexibility index (Phi) is 5.68. The highest BCUT2D eigenvalue weighted by Crippen LogP contribution is 2.24. The first-order valence-corrected chi connectivity index (χ1v) is 8.50. The van der Waals surface area contributed by atoms with Crippen molar-refractivity contribution in [2.24, 2.45) is 0 Å². The van der Waals surface area contributed by atoms with Crippen LogP contribution in [0.15, 0.2) is 59.5 Å². The number of halogens is 6. The number of nitrogens with one attached hydrogen (secondary N) is 2. The van der Waals surface area contributed by atoms with Gasteiger partial charge in [-0.1, -0.05) is 18.2 Å². The molecular formula is C15H11F6N2O3S+. The molecule has 0 saturated carbocycles. The Bertz CT molecular complexity index is 907. The molecule has 2 rings (SSSR count). The van der Waals surface area contributed by atoms with Crippen LogP contribution in [0.5, 0.6) is 5.75 Å². The van der Waals surface area contributed by atoms with E-state index in [2.05, 4.69) is 4.74 Å². The summed E-state index contributed by atoms with van der Waals surface area (Å²) in [5.41, 5.74) is -0.312. The van der Waals surface area contributed by atoms with Crippen molar-refractivity contribution in [3.05, 3.63) is 54.6 Å². The number of alkyl halides is 6. The molecule has 0 amide bonds. The summed E-state index contributed by atoms with van der Waals surface area (Å²) in [7, 11) is -4.54. The van der Waals surface area contributed by atoms with Gasteiger partial charge in [-0.15, -0.1) is 13.2 Å². The number of benzene rings is 2. The van der Waals surface area contributed by atoms with Gasteiger partial charge in [0.2, 0.25) is 0 Å². The fourth-order valence-corrected chi connectivity index (χ4v) is 2.90. The third-order valence-electron chi connectivity index (χ3n) is 2.93. The van der Waals surface area contributed by atoms with E-state index in [-0.39, 0.29) is 5.69 Å². The lowest BCUT2D eigenvalue weighted by Gasteiger charge is -2.10. The monoisotopic (exact) mass is 413 g/mol. The highest BCUT2D eigenvalue weighted by Gasteiger charge is 2.44. The molecule has 0 aliphatic heterocycles. The van der Waals surface area contributed by atoms with Crippen LogP contribution in [0.4, 0.5) is 32.0 Å². The second kappa shape index (κ2) is 7.47. The minimum absolute atomic E-state index is 0.312. The number of anilines is 1. The number of hydrogen-bond donors (Lipinski definition) is 2. The maximum Gasteiger partial charge on any atom is 0.573 e. The van der Waals surface area contributed by atoms with Gasteiger partial charge in [-0.2, -0.15) is 26.0 Å². The lowest BCUT2D eigenvalue weighted by atomic mass is 10.3. The van der Waals surface area contributed by atoms with Crippen LogP contribution in [-0.4, -0.2) is 26.8 Å². The summed E-state index contributed by atoms with van der Waals surface area (Å²) in [4.78, 5) is -0.400. The van der Waals surface area contributed by atoms with Crippen molar-refractivity contribution in [2.75, 3.05) is 5.32 Å².